The van der Waals surface area contributed by atoms with Gasteiger partial charge in [-0.25, -0.2) is 0 Å². The predicted octanol–water partition coefficient (Wildman–Crippen LogP) is 7.45. The zero-order chi connectivity index (χ0) is 16.9. The quantitative estimate of drug-likeness (QED) is 0.345. The van der Waals surface area contributed by atoms with Gasteiger partial charge in [-0.1, -0.05) is 115 Å². The lowest BCUT2D eigenvalue weighted by atomic mass is 9.23. The molecule has 0 bridgehead atoms. The van der Waals surface area contributed by atoms with Gasteiger partial charge in [-0.2, -0.15) is 0 Å². The summed E-state index contributed by atoms with van der Waals surface area (Å²) in [4.78, 5) is 0. The molecule has 1 saturated carbocycles. The Hall–Kier alpha value is -0.715. The van der Waals surface area contributed by atoms with Crippen molar-refractivity contribution >= 4 is 6.71 Å². The molecule has 1 aliphatic rings. The average Bonchev–Trinajstić information content (AvgIpc) is 3.01. The molecule has 0 amide bonds. The highest BCUT2D eigenvalue weighted by atomic mass is 14.3. The Labute approximate surface area is 145 Å². The minimum Gasteiger partial charge on any atom is -0.0735 e. The second kappa shape index (κ2) is 8.40. The molecule has 23 heavy (non-hydrogen) atoms. The number of benzene rings is 1. The fraction of sp³-hybridized carbons (Fsp3) is 0.727. The number of rotatable bonds is 8. The van der Waals surface area contributed by atoms with Crippen LogP contribution in [0.4, 0.5) is 0 Å². The first-order valence-electron chi connectivity index (χ1n) is 10.0. The van der Waals surface area contributed by atoms with Crippen molar-refractivity contribution in [2.45, 2.75) is 96.5 Å². The molecule has 1 aliphatic carbocycles. The van der Waals surface area contributed by atoms with E-state index in [1.807, 2.05) is 0 Å². The van der Waals surface area contributed by atoms with Crippen molar-refractivity contribution in [3.8, 4) is 0 Å². The van der Waals surface area contributed by atoms with E-state index in [0.717, 1.165) is 24.4 Å². The van der Waals surface area contributed by atoms with Crippen molar-refractivity contribution < 1.29 is 0 Å². The first-order chi connectivity index (χ1) is 11.0. The van der Waals surface area contributed by atoms with Crippen LogP contribution >= 0.6 is 0 Å². The van der Waals surface area contributed by atoms with E-state index in [4.69, 9.17) is 0 Å². The Morgan fingerprint density at radius 3 is 2.39 bits per heavy atom. The van der Waals surface area contributed by atoms with E-state index in [0.29, 0.717) is 5.31 Å². The summed E-state index contributed by atoms with van der Waals surface area (Å²) in [6.45, 7) is 13.1. The smallest absolute Gasteiger partial charge is 0.0735 e. The zero-order valence-corrected chi connectivity index (χ0v) is 16.1. The SMILES string of the molecule is CCCCCB([C@H]1CCC[C@@H]1c1ccccc1)C(C)(C)C(C)C. The number of hydrogen-bond donors (Lipinski definition) is 0. The zero-order valence-electron chi connectivity index (χ0n) is 16.1. The molecule has 1 aromatic rings. The maximum Gasteiger partial charge on any atom is 0.150 e. The van der Waals surface area contributed by atoms with Gasteiger partial charge in [-0.3, -0.25) is 0 Å². The van der Waals surface area contributed by atoms with Crippen LogP contribution in [0.3, 0.4) is 0 Å². The van der Waals surface area contributed by atoms with Crippen LogP contribution < -0.4 is 0 Å². The largest absolute Gasteiger partial charge is 0.150 e. The Morgan fingerprint density at radius 2 is 1.78 bits per heavy atom. The molecule has 0 aliphatic heterocycles. The van der Waals surface area contributed by atoms with Gasteiger partial charge in [0.05, 0.1) is 0 Å². The van der Waals surface area contributed by atoms with Gasteiger partial charge in [0.15, 0.2) is 0 Å². The third-order valence-corrected chi connectivity index (χ3v) is 6.88. The van der Waals surface area contributed by atoms with Gasteiger partial charge in [0.25, 0.3) is 0 Å². The third kappa shape index (κ3) is 4.43. The third-order valence-electron chi connectivity index (χ3n) is 6.88. The van der Waals surface area contributed by atoms with E-state index in [9.17, 15) is 0 Å². The Morgan fingerprint density at radius 1 is 1.09 bits per heavy atom. The molecule has 0 unspecified atom stereocenters. The van der Waals surface area contributed by atoms with Crippen LogP contribution in [0.1, 0.15) is 84.6 Å². The highest BCUT2D eigenvalue weighted by Gasteiger charge is 2.45. The Kier molecular flexibility index (Phi) is 6.80. The lowest BCUT2D eigenvalue weighted by Crippen LogP contribution is -2.37. The van der Waals surface area contributed by atoms with E-state index in [-0.39, 0.29) is 0 Å². The van der Waals surface area contributed by atoms with Crippen LogP contribution in [-0.4, -0.2) is 6.71 Å². The highest BCUT2D eigenvalue weighted by molar-refractivity contribution is 6.64. The minimum atomic E-state index is 0.440. The average molecular weight is 312 g/mol. The predicted molar refractivity (Wildman–Crippen MR) is 106 cm³/mol. The summed E-state index contributed by atoms with van der Waals surface area (Å²) in [5, 5.41) is 0.440. The molecule has 0 N–H and O–H groups in total. The molecule has 0 heterocycles. The lowest BCUT2D eigenvalue weighted by Gasteiger charge is -2.41. The van der Waals surface area contributed by atoms with Gasteiger partial charge in [0.1, 0.15) is 6.71 Å². The topological polar surface area (TPSA) is 0 Å². The summed E-state index contributed by atoms with van der Waals surface area (Å²) in [6, 6.07) is 11.3. The molecule has 1 heteroatoms. The van der Waals surface area contributed by atoms with Crippen molar-refractivity contribution in [2.24, 2.45) is 5.92 Å². The molecule has 1 fully saturated rings. The van der Waals surface area contributed by atoms with Crippen molar-refractivity contribution in [2.75, 3.05) is 0 Å². The first-order valence-corrected chi connectivity index (χ1v) is 10.0. The van der Waals surface area contributed by atoms with Gasteiger partial charge >= 0.3 is 0 Å². The summed E-state index contributed by atoms with van der Waals surface area (Å²) in [5.74, 6) is 2.43. The molecule has 0 saturated heterocycles. The normalized spacial score (nSPS) is 21.8. The summed E-state index contributed by atoms with van der Waals surface area (Å²) >= 11 is 0. The van der Waals surface area contributed by atoms with E-state index in [2.05, 4.69) is 65.0 Å². The highest BCUT2D eigenvalue weighted by Crippen LogP contribution is 2.54. The Bertz CT molecular complexity index is 448. The van der Waals surface area contributed by atoms with Crippen molar-refractivity contribution in [1.29, 1.82) is 0 Å². The molecular formula is C22H37B. The van der Waals surface area contributed by atoms with E-state index >= 15 is 0 Å². The fourth-order valence-electron chi connectivity index (χ4n) is 4.76. The Balaban J connectivity index is 2.22. The van der Waals surface area contributed by atoms with Crippen LogP contribution in [0.25, 0.3) is 0 Å². The van der Waals surface area contributed by atoms with E-state index < -0.39 is 0 Å². The standard InChI is InChI=1S/C22H37B/c1-6-7-11-17-23(22(4,5)18(2)3)21-16-12-15-20(21)19-13-9-8-10-14-19/h8-10,13-14,18,20-21H,6-7,11-12,15-17H2,1-5H3/t20-,21+/m1/s1. The lowest BCUT2D eigenvalue weighted by molar-refractivity contribution is 0.451. The summed E-state index contributed by atoms with van der Waals surface area (Å²) in [5.41, 5.74) is 1.59. The van der Waals surface area contributed by atoms with Gasteiger partial charge in [0.2, 0.25) is 0 Å². The van der Waals surface area contributed by atoms with Gasteiger partial charge in [-0.15, -0.1) is 0 Å². The number of unbranched alkanes of at least 4 members (excludes halogenated alkanes) is 2. The molecule has 0 nitrogen and oxygen atoms in total. The van der Waals surface area contributed by atoms with Gasteiger partial charge in [-0.05, 0) is 23.8 Å². The van der Waals surface area contributed by atoms with Crippen molar-refractivity contribution in [3.63, 3.8) is 0 Å². The summed E-state index contributed by atoms with van der Waals surface area (Å²) in [6.07, 6.45) is 9.82. The maximum absolute atomic E-state index is 2.54. The maximum atomic E-state index is 2.54. The van der Waals surface area contributed by atoms with E-state index in [1.54, 1.807) is 5.56 Å². The molecule has 0 spiro atoms. The molecule has 0 aromatic heterocycles. The second-order valence-electron chi connectivity index (χ2n) is 8.69. The molecular weight excluding hydrogens is 275 g/mol. The first kappa shape index (κ1) is 18.6. The minimum absolute atomic E-state index is 0.440. The molecule has 2 atom stereocenters. The molecule has 128 valence electrons. The van der Waals surface area contributed by atoms with Crippen LogP contribution in [0, 0.1) is 5.92 Å². The second-order valence-corrected chi connectivity index (χ2v) is 8.69. The van der Waals surface area contributed by atoms with Gasteiger partial charge in [0, 0.05) is 0 Å². The van der Waals surface area contributed by atoms with Crippen LogP contribution in [0.5, 0.6) is 0 Å². The summed E-state index contributed by atoms with van der Waals surface area (Å²) in [7, 11) is 0. The van der Waals surface area contributed by atoms with E-state index in [1.165, 1.54) is 44.8 Å². The van der Waals surface area contributed by atoms with Crippen LogP contribution in [0.2, 0.25) is 17.5 Å². The molecule has 2 rings (SSSR count). The van der Waals surface area contributed by atoms with Crippen molar-refractivity contribution in [3.05, 3.63) is 35.9 Å². The number of hydrogen-bond acceptors (Lipinski definition) is 0. The molecule has 0 radical (unpaired) electrons. The van der Waals surface area contributed by atoms with Crippen molar-refractivity contribution in [1.82, 2.24) is 0 Å². The molecule has 1 aromatic carbocycles. The van der Waals surface area contributed by atoms with Crippen LogP contribution in [-0.2, 0) is 0 Å². The summed E-state index contributed by atoms with van der Waals surface area (Å²) < 4.78 is 0. The fourth-order valence-corrected chi connectivity index (χ4v) is 4.76. The van der Waals surface area contributed by atoms with Crippen LogP contribution in [0.15, 0.2) is 30.3 Å². The monoisotopic (exact) mass is 312 g/mol. The van der Waals surface area contributed by atoms with Gasteiger partial charge < -0.3 is 0 Å².